The molecule has 0 aromatic heterocycles. The highest BCUT2D eigenvalue weighted by Gasteiger charge is 2.29. The number of carbonyl (C=O) groups is 1. The third-order valence-electron chi connectivity index (χ3n) is 3.62. The average Bonchev–Trinajstić information content (AvgIpc) is 2.48. The molecule has 1 amide bonds. The minimum absolute atomic E-state index is 0.0963. The van der Waals surface area contributed by atoms with E-state index in [9.17, 15) is 13.2 Å². The normalized spacial score (nSPS) is 19.8. The summed E-state index contributed by atoms with van der Waals surface area (Å²) in [5.41, 5.74) is 1.60. The molecule has 1 fully saturated rings. The van der Waals surface area contributed by atoms with Gasteiger partial charge < -0.3 is 10.1 Å². The van der Waals surface area contributed by atoms with Crippen molar-refractivity contribution in [2.24, 2.45) is 0 Å². The van der Waals surface area contributed by atoms with Crippen LogP contribution in [0.15, 0.2) is 24.3 Å². The summed E-state index contributed by atoms with van der Waals surface area (Å²) in [6.45, 7) is 5.06. The van der Waals surface area contributed by atoms with Gasteiger partial charge in [0.1, 0.15) is 0 Å². The molecule has 0 spiro atoms. The van der Waals surface area contributed by atoms with Gasteiger partial charge in [-0.25, -0.2) is 8.42 Å². The molecule has 6 nitrogen and oxygen atoms in total. The van der Waals surface area contributed by atoms with Gasteiger partial charge in [-0.1, -0.05) is 17.7 Å². The van der Waals surface area contributed by atoms with Gasteiger partial charge in [0.15, 0.2) is 0 Å². The van der Waals surface area contributed by atoms with Gasteiger partial charge in [-0.2, -0.15) is 4.31 Å². The molecule has 1 aromatic carbocycles. The lowest BCUT2D eigenvalue weighted by Crippen LogP contribution is -2.49. The minimum Gasteiger partial charge on any atom is -0.378 e. The molecule has 1 aliphatic rings. The van der Waals surface area contributed by atoms with Gasteiger partial charge in [-0.15, -0.1) is 0 Å². The Kier molecular flexibility index (Phi) is 5.55. The molecule has 2 rings (SSSR count). The minimum atomic E-state index is -3.38. The third kappa shape index (κ3) is 4.28. The molecule has 1 aromatic rings. The van der Waals surface area contributed by atoms with Crippen molar-refractivity contribution in [3.63, 3.8) is 0 Å². The van der Waals surface area contributed by atoms with E-state index in [0.29, 0.717) is 25.3 Å². The second kappa shape index (κ2) is 7.21. The Morgan fingerprint density at radius 3 is 2.68 bits per heavy atom. The van der Waals surface area contributed by atoms with Gasteiger partial charge in [-0.3, -0.25) is 4.79 Å². The molecule has 122 valence electrons. The monoisotopic (exact) mass is 326 g/mol. The first kappa shape index (κ1) is 16.9. The van der Waals surface area contributed by atoms with E-state index in [2.05, 4.69) is 5.32 Å². The number of nitrogens with zero attached hydrogens (tertiary/aromatic N) is 1. The zero-order valence-corrected chi connectivity index (χ0v) is 13.7. The smallest absolute Gasteiger partial charge is 0.251 e. The summed E-state index contributed by atoms with van der Waals surface area (Å²) in [6, 6.07) is 6.99. The molecular weight excluding hydrogens is 304 g/mol. The summed E-state index contributed by atoms with van der Waals surface area (Å²) >= 11 is 0. The van der Waals surface area contributed by atoms with Crippen molar-refractivity contribution in [1.29, 1.82) is 0 Å². The zero-order valence-electron chi connectivity index (χ0n) is 12.9. The lowest BCUT2D eigenvalue weighted by atomic mass is 10.1. The van der Waals surface area contributed by atoms with Crippen LogP contribution in [0.3, 0.4) is 0 Å². The summed E-state index contributed by atoms with van der Waals surface area (Å²) in [5.74, 6) is -0.361. The molecule has 0 saturated carbocycles. The Labute approximate surface area is 131 Å². The molecule has 1 atom stereocenters. The van der Waals surface area contributed by atoms with E-state index in [4.69, 9.17) is 4.74 Å². The van der Waals surface area contributed by atoms with E-state index in [1.807, 2.05) is 26.0 Å². The molecule has 7 heteroatoms. The number of ether oxygens (including phenoxy) is 1. The predicted molar refractivity (Wildman–Crippen MR) is 84.3 cm³/mol. The van der Waals surface area contributed by atoms with Crippen molar-refractivity contribution >= 4 is 15.9 Å². The lowest BCUT2D eigenvalue weighted by Gasteiger charge is -2.32. The molecule has 1 unspecified atom stereocenters. The molecule has 1 saturated heterocycles. The van der Waals surface area contributed by atoms with Crippen LogP contribution in [-0.2, 0) is 14.8 Å². The molecule has 1 aliphatic heterocycles. The highest BCUT2D eigenvalue weighted by atomic mass is 32.2. The van der Waals surface area contributed by atoms with Crippen molar-refractivity contribution in [3.8, 4) is 0 Å². The Bertz CT molecular complexity index is 613. The van der Waals surface area contributed by atoms with Crippen LogP contribution in [0.2, 0.25) is 0 Å². The maximum absolute atomic E-state index is 12.3. The Balaban J connectivity index is 1.87. The van der Waals surface area contributed by atoms with Crippen LogP contribution >= 0.6 is 0 Å². The SMILES string of the molecule is Cc1ccc(C(=O)NCCS(=O)(=O)N2CCOCC2C)cc1. The van der Waals surface area contributed by atoms with E-state index < -0.39 is 10.0 Å². The van der Waals surface area contributed by atoms with E-state index in [-0.39, 0.29) is 24.2 Å². The standard InChI is InChI=1S/C15H22N2O4S/c1-12-3-5-14(6-4-12)15(18)16-7-10-22(19,20)17-8-9-21-11-13(17)2/h3-6,13H,7-11H2,1-2H3,(H,16,18). The molecule has 0 bridgehead atoms. The predicted octanol–water partition coefficient (Wildman–Crippen LogP) is 0.775. The number of nitrogens with one attached hydrogen (secondary N) is 1. The van der Waals surface area contributed by atoms with E-state index in [0.717, 1.165) is 5.56 Å². The Morgan fingerprint density at radius 2 is 2.05 bits per heavy atom. The van der Waals surface area contributed by atoms with E-state index in [1.54, 1.807) is 12.1 Å². The first-order valence-electron chi connectivity index (χ1n) is 7.32. The van der Waals surface area contributed by atoms with Crippen LogP contribution < -0.4 is 5.32 Å². The number of amides is 1. The fraction of sp³-hybridized carbons (Fsp3) is 0.533. The average molecular weight is 326 g/mol. The van der Waals surface area contributed by atoms with Crippen molar-refractivity contribution in [3.05, 3.63) is 35.4 Å². The van der Waals surface area contributed by atoms with Gasteiger partial charge in [0.25, 0.3) is 5.91 Å². The number of aryl methyl sites for hydroxylation is 1. The van der Waals surface area contributed by atoms with Crippen LogP contribution in [0.5, 0.6) is 0 Å². The summed E-state index contributed by atoms with van der Waals surface area (Å²) in [4.78, 5) is 11.9. The largest absolute Gasteiger partial charge is 0.378 e. The molecule has 1 N–H and O–H groups in total. The summed E-state index contributed by atoms with van der Waals surface area (Å²) in [5, 5.41) is 2.65. The number of carbonyl (C=O) groups excluding carboxylic acids is 1. The van der Waals surface area contributed by atoms with E-state index >= 15 is 0 Å². The molecule has 1 heterocycles. The fourth-order valence-corrected chi connectivity index (χ4v) is 3.90. The zero-order chi connectivity index (χ0) is 16.2. The van der Waals surface area contributed by atoms with Gasteiger partial charge in [0.05, 0.1) is 19.0 Å². The second-order valence-electron chi connectivity index (χ2n) is 5.47. The fourth-order valence-electron chi connectivity index (χ4n) is 2.34. The topological polar surface area (TPSA) is 75.7 Å². The third-order valence-corrected chi connectivity index (χ3v) is 5.60. The van der Waals surface area contributed by atoms with Crippen LogP contribution in [0.25, 0.3) is 0 Å². The van der Waals surface area contributed by atoms with Gasteiger partial charge in [-0.05, 0) is 26.0 Å². The summed E-state index contributed by atoms with van der Waals surface area (Å²) in [7, 11) is -3.38. The molecule has 22 heavy (non-hydrogen) atoms. The molecule has 0 aliphatic carbocycles. The van der Waals surface area contributed by atoms with Gasteiger partial charge >= 0.3 is 0 Å². The number of hydrogen-bond donors (Lipinski definition) is 1. The Morgan fingerprint density at radius 1 is 1.36 bits per heavy atom. The van der Waals surface area contributed by atoms with Crippen molar-refractivity contribution in [2.45, 2.75) is 19.9 Å². The Hall–Kier alpha value is -1.44. The maximum Gasteiger partial charge on any atom is 0.251 e. The van der Waals surface area contributed by atoms with Crippen LogP contribution in [-0.4, -0.2) is 56.7 Å². The second-order valence-corrected chi connectivity index (χ2v) is 7.51. The highest BCUT2D eigenvalue weighted by Crippen LogP contribution is 2.12. The van der Waals surface area contributed by atoms with Crippen LogP contribution in [0.4, 0.5) is 0 Å². The van der Waals surface area contributed by atoms with Crippen molar-refractivity contribution in [1.82, 2.24) is 9.62 Å². The number of hydrogen-bond acceptors (Lipinski definition) is 4. The quantitative estimate of drug-likeness (QED) is 0.867. The molecule has 0 radical (unpaired) electrons. The number of benzene rings is 1. The first-order valence-corrected chi connectivity index (χ1v) is 8.93. The van der Waals surface area contributed by atoms with Crippen molar-refractivity contribution in [2.75, 3.05) is 32.1 Å². The summed E-state index contributed by atoms with van der Waals surface area (Å²) in [6.07, 6.45) is 0. The molecular formula is C15H22N2O4S. The van der Waals surface area contributed by atoms with Crippen LogP contribution in [0, 0.1) is 6.92 Å². The lowest BCUT2D eigenvalue weighted by molar-refractivity contribution is 0.0393. The first-order chi connectivity index (χ1) is 10.4. The van der Waals surface area contributed by atoms with E-state index in [1.165, 1.54) is 4.31 Å². The highest BCUT2D eigenvalue weighted by molar-refractivity contribution is 7.89. The van der Waals surface area contributed by atoms with Crippen molar-refractivity contribution < 1.29 is 17.9 Å². The number of rotatable bonds is 5. The maximum atomic E-state index is 12.3. The summed E-state index contributed by atoms with van der Waals surface area (Å²) < 4.78 is 31.2. The number of sulfonamides is 1. The van der Waals surface area contributed by atoms with Gasteiger partial charge in [0, 0.05) is 24.7 Å². The van der Waals surface area contributed by atoms with Crippen LogP contribution in [0.1, 0.15) is 22.8 Å². The number of morpholine rings is 1. The van der Waals surface area contributed by atoms with Gasteiger partial charge in [0.2, 0.25) is 10.0 Å².